The van der Waals surface area contributed by atoms with Crippen molar-refractivity contribution in [1.82, 2.24) is 19.9 Å². The van der Waals surface area contributed by atoms with Crippen molar-refractivity contribution in [2.75, 3.05) is 11.5 Å². The second-order valence-corrected chi connectivity index (χ2v) is 16.4. The third kappa shape index (κ3) is 6.88. The van der Waals surface area contributed by atoms with E-state index in [1.807, 2.05) is 0 Å². The summed E-state index contributed by atoms with van der Waals surface area (Å²) in [6, 6.07) is 2.09. The van der Waals surface area contributed by atoms with E-state index in [0.29, 0.717) is 11.9 Å². The zero-order valence-electron chi connectivity index (χ0n) is 15.5. The Morgan fingerprint density at radius 1 is 0.720 bits per heavy atom. The maximum Gasteiger partial charge on any atom is 0.219 e. The third-order valence-electron chi connectivity index (χ3n) is 4.03. The van der Waals surface area contributed by atoms with Crippen LogP contribution in [-0.2, 0) is 17.0 Å². The molecule has 0 aliphatic heterocycles. The lowest BCUT2D eigenvalue weighted by atomic mass is 10.3. The van der Waals surface area contributed by atoms with Gasteiger partial charge in [-0.1, -0.05) is 0 Å². The molecule has 0 aliphatic rings. The summed E-state index contributed by atoms with van der Waals surface area (Å²) in [6.45, 7) is 9.14. The first-order valence-corrected chi connectivity index (χ1v) is 14.7. The second-order valence-electron chi connectivity index (χ2n) is 7.52. The third-order valence-corrected chi connectivity index (χ3v) is 11.4. The molecule has 0 radical (unpaired) electrons. The topological polar surface area (TPSA) is 113 Å². The minimum absolute atomic E-state index is 0.316. The smallest absolute Gasteiger partial charge is 0.219 e. The number of nitrogens with zero attached hydrogens (tertiary/aromatic N) is 4. The van der Waals surface area contributed by atoms with E-state index in [-0.39, 0.29) is 0 Å². The lowest BCUT2D eigenvalue weighted by Crippen LogP contribution is -2.44. The lowest BCUT2D eigenvalue weighted by Gasteiger charge is -2.34. The van der Waals surface area contributed by atoms with Crippen LogP contribution in [0.25, 0.3) is 0 Å². The van der Waals surface area contributed by atoms with Crippen molar-refractivity contribution in [3.05, 3.63) is 35.9 Å². The number of nitrogen functional groups attached to an aromatic ring is 2. The molecule has 0 unspecified atom stereocenters. The fourth-order valence-electron chi connectivity index (χ4n) is 2.73. The molecule has 0 amide bonds. The van der Waals surface area contributed by atoms with Gasteiger partial charge in [-0.2, -0.15) is 0 Å². The van der Waals surface area contributed by atoms with Crippen molar-refractivity contribution in [3.63, 3.8) is 0 Å². The number of anilines is 2. The number of aryl methyl sites for hydroxylation is 2. The summed E-state index contributed by atoms with van der Waals surface area (Å²) >= 11 is 0. The average molecular weight is 377 g/mol. The molecule has 0 fully saturated rings. The molecule has 2 aromatic heterocycles. The van der Waals surface area contributed by atoms with E-state index in [9.17, 15) is 0 Å². The number of nitrogens with two attached hydrogens (primary N) is 2. The summed E-state index contributed by atoms with van der Waals surface area (Å²) in [7, 11) is -3.52. The van der Waals surface area contributed by atoms with Crippen LogP contribution in [-0.4, -0.2) is 36.6 Å². The van der Waals surface area contributed by atoms with E-state index in [1.165, 1.54) is 0 Å². The molecule has 0 saturated heterocycles. The Morgan fingerprint density at radius 3 is 1.36 bits per heavy atom. The predicted molar refractivity (Wildman–Crippen MR) is 106 cm³/mol. The molecule has 0 saturated carbocycles. The van der Waals surface area contributed by atoms with Gasteiger partial charge >= 0.3 is 0 Å². The summed E-state index contributed by atoms with van der Waals surface area (Å²) in [6.07, 6.45) is 9.06. The quantitative estimate of drug-likeness (QED) is 0.681. The zero-order valence-corrected chi connectivity index (χ0v) is 17.5. The van der Waals surface area contributed by atoms with Gasteiger partial charge in [0.15, 0.2) is 16.6 Å². The maximum absolute atomic E-state index is 6.66. The van der Waals surface area contributed by atoms with Gasteiger partial charge in [-0.3, -0.25) is 0 Å². The van der Waals surface area contributed by atoms with Gasteiger partial charge in [-0.05, 0) is 62.2 Å². The van der Waals surface area contributed by atoms with Crippen molar-refractivity contribution in [3.8, 4) is 0 Å². The second kappa shape index (κ2) is 8.02. The van der Waals surface area contributed by atoms with Crippen molar-refractivity contribution in [2.45, 2.75) is 51.1 Å². The van der Waals surface area contributed by atoms with E-state index in [4.69, 9.17) is 15.6 Å². The number of aromatic nitrogens is 4. The lowest BCUT2D eigenvalue weighted by molar-refractivity contribution is 0.535. The van der Waals surface area contributed by atoms with Crippen LogP contribution in [0, 0.1) is 0 Å². The van der Waals surface area contributed by atoms with Gasteiger partial charge in [0.25, 0.3) is 0 Å². The summed E-state index contributed by atoms with van der Waals surface area (Å²) in [5.41, 5.74) is 13.3. The summed E-state index contributed by atoms with van der Waals surface area (Å²) in [5.74, 6) is 0.633. The van der Waals surface area contributed by atoms with Crippen LogP contribution in [0.4, 0.5) is 11.9 Å². The van der Waals surface area contributed by atoms with Gasteiger partial charge < -0.3 is 15.6 Å². The summed E-state index contributed by atoms with van der Waals surface area (Å²) in [5, 5.41) is 0. The van der Waals surface area contributed by atoms with Crippen LogP contribution in [0.2, 0.25) is 38.3 Å². The Kier molecular flexibility index (Phi) is 6.25. The largest absolute Gasteiger partial charge is 0.455 e. The van der Waals surface area contributed by atoms with Crippen LogP contribution in [0.1, 0.15) is 11.1 Å². The summed E-state index contributed by atoms with van der Waals surface area (Å²) in [4.78, 5) is 16.2. The minimum Gasteiger partial charge on any atom is -0.455 e. The van der Waals surface area contributed by atoms with Crippen LogP contribution in [0.3, 0.4) is 0 Å². The number of hydrogen-bond acceptors (Lipinski definition) is 7. The molecular formula is C16H28N6OSi2. The van der Waals surface area contributed by atoms with Gasteiger partial charge in [0, 0.05) is 24.8 Å². The Morgan fingerprint density at radius 2 is 1.04 bits per heavy atom. The van der Waals surface area contributed by atoms with Crippen LogP contribution in [0.5, 0.6) is 0 Å². The fraction of sp³-hybridized carbons (Fsp3) is 0.500. The van der Waals surface area contributed by atoms with E-state index in [1.54, 1.807) is 24.8 Å². The minimum atomic E-state index is -1.76. The number of rotatable bonds is 8. The van der Waals surface area contributed by atoms with Crippen molar-refractivity contribution in [2.24, 2.45) is 0 Å². The fourth-order valence-corrected chi connectivity index (χ4v) is 11.3. The SMILES string of the molecule is C[Si](C)(CCc1cnc(N)nc1)O[Si](C)(C)CCc1cnc(N)nc1. The Balaban J connectivity index is 1.85. The average Bonchev–Trinajstić information content (AvgIpc) is 2.53. The molecule has 136 valence electrons. The molecular weight excluding hydrogens is 348 g/mol. The predicted octanol–water partition coefficient (Wildman–Crippen LogP) is 2.64. The van der Waals surface area contributed by atoms with E-state index >= 15 is 0 Å². The highest BCUT2D eigenvalue weighted by atomic mass is 28.4. The first-order chi connectivity index (χ1) is 11.7. The highest BCUT2D eigenvalue weighted by molar-refractivity contribution is 6.84. The molecule has 2 aromatic rings. The summed E-state index contributed by atoms with van der Waals surface area (Å²) < 4.78 is 6.66. The van der Waals surface area contributed by atoms with E-state index in [2.05, 4.69) is 46.1 Å². The number of hydrogen-bond donors (Lipinski definition) is 2. The highest BCUT2D eigenvalue weighted by Gasteiger charge is 2.32. The van der Waals surface area contributed by atoms with Crippen molar-refractivity contribution in [1.29, 1.82) is 0 Å². The zero-order chi connectivity index (χ0) is 18.5. The van der Waals surface area contributed by atoms with Gasteiger partial charge in [-0.25, -0.2) is 19.9 Å². The molecule has 7 nitrogen and oxygen atoms in total. The van der Waals surface area contributed by atoms with Crippen LogP contribution in [0.15, 0.2) is 24.8 Å². The standard InChI is InChI=1S/C16H28N6OSi2/c1-24(2,7-5-13-9-19-15(17)20-10-13)23-25(3,4)8-6-14-11-21-16(18)22-12-14/h9-12H,5-8H2,1-4H3,(H2,17,19,20)(H2,18,21,22). The molecule has 0 aliphatic carbocycles. The van der Waals surface area contributed by atoms with Gasteiger partial charge in [0.05, 0.1) is 0 Å². The van der Waals surface area contributed by atoms with Crippen LogP contribution >= 0.6 is 0 Å². The Bertz CT molecular complexity index is 617. The monoisotopic (exact) mass is 376 g/mol. The molecule has 0 aromatic carbocycles. The molecule has 4 N–H and O–H groups in total. The van der Waals surface area contributed by atoms with Gasteiger partial charge in [0.1, 0.15) is 0 Å². The van der Waals surface area contributed by atoms with Crippen molar-refractivity contribution < 1.29 is 4.12 Å². The first kappa shape index (κ1) is 19.5. The molecule has 0 spiro atoms. The molecule has 9 heteroatoms. The Hall–Kier alpha value is -1.85. The van der Waals surface area contributed by atoms with Crippen molar-refractivity contribution >= 4 is 28.5 Å². The normalized spacial score (nSPS) is 12.3. The van der Waals surface area contributed by atoms with Gasteiger partial charge in [0.2, 0.25) is 11.9 Å². The molecule has 25 heavy (non-hydrogen) atoms. The molecule has 0 atom stereocenters. The Labute approximate surface area is 151 Å². The molecule has 0 bridgehead atoms. The molecule has 2 rings (SSSR count). The van der Waals surface area contributed by atoms with E-state index < -0.39 is 16.6 Å². The van der Waals surface area contributed by atoms with Crippen LogP contribution < -0.4 is 11.5 Å². The molecule has 2 heterocycles. The first-order valence-electron chi connectivity index (χ1n) is 8.48. The highest BCUT2D eigenvalue weighted by Crippen LogP contribution is 2.24. The van der Waals surface area contributed by atoms with Gasteiger partial charge in [-0.15, -0.1) is 0 Å². The maximum atomic E-state index is 6.66. The van der Waals surface area contributed by atoms with E-state index in [0.717, 1.165) is 36.1 Å².